The first-order valence-electron chi connectivity index (χ1n) is 8.49. The molecular weight excluding hydrogens is 382 g/mol. The molecule has 0 bridgehead atoms. The first kappa shape index (κ1) is 19.9. The quantitative estimate of drug-likeness (QED) is 0.492. The van der Waals surface area contributed by atoms with Crippen LogP contribution in [-0.4, -0.2) is 50.6 Å². The Kier molecular flexibility index (Phi) is 5.41. The molecule has 0 saturated carbocycles. The summed E-state index contributed by atoms with van der Waals surface area (Å²) in [7, 11) is 3.05. The summed E-state index contributed by atoms with van der Waals surface area (Å²) >= 11 is 1.19. The van der Waals surface area contributed by atoms with Crippen molar-refractivity contribution in [3.63, 3.8) is 0 Å². The number of carbonyl (C=O) groups excluding carboxylic acids is 1. The van der Waals surface area contributed by atoms with Crippen LogP contribution in [0.4, 0.5) is 0 Å². The zero-order valence-electron chi connectivity index (χ0n) is 16.3. The molecule has 3 aromatic rings. The third-order valence-electron chi connectivity index (χ3n) is 4.00. The minimum absolute atomic E-state index is 0.108. The molecule has 2 aromatic heterocycles. The summed E-state index contributed by atoms with van der Waals surface area (Å²) in [5, 5.41) is 12.8. The summed E-state index contributed by atoms with van der Waals surface area (Å²) in [5.41, 5.74) is 0.123. The van der Waals surface area contributed by atoms with Gasteiger partial charge in [0.05, 0.1) is 20.0 Å². The molecule has 0 radical (unpaired) electrons. The summed E-state index contributed by atoms with van der Waals surface area (Å²) in [6.07, 6.45) is 0. The lowest BCUT2D eigenvalue weighted by Crippen LogP contribution is -2.28. The molecule has 148 valence electrons. The molecule has 9 nitrogen and oxygen atoms in total. The van der Waals surface area contributed by atoms with Crippen LogP contribution in [-0.2, 0) is 5.41 Å². The highest BCUT2D eigenvalue weighted by atomic mass is 32.2. The highest BCUT2D eigenvalue weighted by molar-refractivity contribution is 7.99. The summed E-state index contributed by atoms with van der Waals surface area (Å²) in [6.45, 7) is 5.69. The van der Waals surface area contributed by atoms with Crippen molar-refractivity contribution in [2.45, 2.75) is 31.3 Å². The second-order valence-corrected chi connectivity index (χ2v) is 7.99. The third-order valence-corrected chi connectivity index (χ3v) is 4.92. The van der Waals surface area contributed by atoms with Crippen molar-refractivity contribution in [3.05, 3.63) is 39.8 Å². The number of hydrogen-bond donors (Lipinski definition) is 1. The Morgan fingerprint density at radius 3 is 2.54 bits per heavy atom. The van der Waals surface area contributed by atoms with Gasteiger partial charge in [-0.1, -0.05) is 32.5 Å². The van der Waals surface area contributed by atoms with E-state index < -0.39 is 5.41 Å². The number of hydrogen-bond acceptors (Lipinski definition) is 8. The Balaban J connectivity index is 1.84. The van der Waals surface area contributed by atoms with Crippen LogP contribution in [0.2, 0.25) is 0 Å². The van der Waals surface area contributed by atoms with Crippen LogP contribution in [0.5, 0.6) is 11.5 Å². The van der Waals surface area contributed by atoms with E-state index in [9.17, 15) is 9.59 Å². The number of ketones is 1. The maximum Gasteiger partial charge on any atom is 0.274 e. The number of aromatic amines is 1. The van der Waals surface area contributed by atoms with E-state index >= 15 is 0 Å². The maximum atomic E-state index is 12.6. The Morgan fingerprint density at radius 2 is 1.89 bits per heavy atom. The molecular formula is C18H21N5O4S. The van der Waals surface area contributed by atoms with Crippen molar-refractivity contribution < 1.29 is 14.3 Å². The lowest BCUT2D eigenvalue weighted by molar-refractivity contribution is 0.102. The number of aromatic nitrogens is 5. The molecule has 0 atom stereocenters. The van der Waals surface area contributed by atoms with Gasteiger partial charge in [-0.25, -0.2) is 0 Å². The molecule has 0 amide bonds. The molecule has 0 saturated heterocycles. The van der Waals surface area contributed by atoms with Gasteiger partial charge in [0.2, 0.25) is 5.16 Å². The lowest BCUT2D eigenvalue weighted by atomic mass is 9.93. The van der Waals surface area contributed by atoms with Gasteiger partial charge < -0.3 is 9.47 Å². The Hall–Kier alpha value is -2.88. The van der Waals surface area contributed by atoms with Crippen molar-refractivity contribution in [3.8, 4) is 11.5 Å². The van der Waals surface area contributed by atoms with E-state index in [0.717, 1.165) is 0 Å². The molecule has 0 fully saturated rings. The zero-order chi connectivity index (χ0) is 20.5. The topological polar surface area (TPSA) is 111 Å². The van der Waals surface area contributed by atoms with Gasteiger partial charge in [-0.2, -0.15) is 9.61 Å². The van der Waals surface area contributed by atoms with Crippen LogP contribution >= 0.6 is 11.8 Å². The summed E-state index contributed by atoms with van der Waals surface area (Å²) in [6, 6.07) is 5.00. The number of H-pyrrole nitrogens is 1. The number of rotatable bonds is 6. The first-order chi connectivity index (χ1) is 13.2. The molecule has 0 aliphatic rings. The third kappa shape index (κ3) is 3.86. The second-order valence-electron chi connectivity index (χ2n) is 7.05. The van der Waals surface area contributed by atoms with Gasteiger partial charge >= 0.3 is 0 Å². The van der Waals surface area contributed by atoms with Crippen LogP contribution in [0.1, 0.15) is 36.8 Å². The van der Waals surface area contributed by atoms with Crippen molar-refractivity contribution in [2.24, 2.45) is 0 Å². The fraction of sp³-hybridized carbons (Fsp3) is 0.389. The number of fused-ring (bicyclic) bond motifs is 1. The molecule has 0 spiro atoms. The molecule has 10 heteroatoms. The fourth-order valence-electron chi connectivity index (χ4n) is 2.54. The number of Topliss-reactive ketones (excluding diaryl/α,β-unsaturated/α-hetero) is 1. The van der Waals surface area contributed by atoms with Crippen molar-refractivity contribution in [1.82, 2.24) is 24.8 Å². The number of carbonyl (C=O) groups is 1. The number of benzene rings is 1. The van der Waals surface area contributed by atoms with Gasteiger partial charge in [-0.15, -0.1) is 10.2 Å². The molecule has 0 aliphatic heterocycles. The van der Waals surface area contributed by atoms with E-state index in [4.69, 9.17) is 9.47 Å². The van der Waals surface area contributed by atoms with Gasteiger partial charge in [-0.05, 0) is 18.2 Å². The predicted octanol–water partition coefficient (Wildman–Crippen LogP) is 2.10. The van der Waals surface area contributed by atoms with Gasteiger partial charge in [0, 0.05) is 11.0 Å². The van der Waals surface area contributed by atoms with E-state index in [2.05, 4.69) is 20.3 Å². The molecule has 0 unspecified atom stereocenters. The predicted molar refractivity (Wildman–Crippen MR) is 105 cm³/mol. The van der Waals surface area contributed by atoms with Gasteiger partial charge in [0.1, 0.15) is 5.69 Å². The highest BCUT2D eigenvalue weighted by Crippen LogP contribution is 2.28. The number of nitrogens with one attached hydrogen (secondary N) is 1. The van der Waals surface area contributed by atoms with Gasteiger partial charge in [-0.3, -0.25) is 14.6 Å². The Bertz CT molecular complexity index is 1080. The molecule has 0 aliphatic carbocycles. The van der Waals surface area contributed by atoms with E-state index in [1.54, 1.807) is 18.2 Å². The van der Waals surface area contributed by atoms with Crippen LogP contribution in [0.15, 0.2) is 28.2 Å². The number of nitrogens with zero attached hydrogens (tertiary/aromatic N) is 4. The minimum atomic E-state index is -0.441. The van der Waals surface area contributed by atoms with Crippen molar-refractivity contribution >= 4 is 23.3 Å². The molecule has 2 heterocycles. The first-order valence-corrected chi connectivity index (χ1v) is 9.47. The Morgan fingerprint density at radius 1 is 1.18 bits per heavy atom. The molecule has 3 rings (SSSR count). The normalized spacial score (nSPS) is 11.6. The van der Waals surface area contributed by atoms with Gasteiger partial charge in [0.15, 0.2) is 17.3 Å². The van der Waals surface area contributed by atoms with E-state index in [1.165, 1.54) is 30.5 Å². The Labute approximate surface area is 165 Å². The lowest BCUT2D eigenvalue weighted by Gasteiger charge is -2.15. The summed E-state index contributed by atoms with van der Waals surface area (Å²) in [4.78, 5) is 27.4. The fourth-order valence-corrected chi connectivity index (χ4v) is 3.32. The van der Waals surface area contributed by atoms with E-state index in [1.807, 2.05) is 20.8 Å². The van der Waals surface area contributed by atoms with Crippen LogP contribution in [0.3, 0.4) is 0 Å². The zero-order valence-corrected chi connectivity index (χ0v) is 17.1. The van der Waals surface area contributed by atoms with Crippen LogP contribution < -0.4 is 15.0 Å². The summed E-state index contributed by atoms with van der Waals surface area (Å²) in [5.74, 6) is 1.29. The number of thioether (sulfide) groups is 1. The largest absolute Gasteiger partial charge is 0.493 e. The highest BCUT2D eigenvalue weighted by Gasteiger charge is 2.22. The minimum Gasteiger partial charge on any atom is -0.493 e. The van der Waals surface area contributed by atoms with Crippen molar-refractivity contribution in [2.75, 3.05) is 20.0 Å². The standard InChI is InChI=1S/C18H21N5O4S/c1-18(2,3)14-15(25)19-16-20-21-17(23(16)22-14)28-9-11(24)10-6-7-12(26-4)13(8-10)27-5/h6-8H,9H2,1-5H3,(H,19,20,25). The monoisotopic (exact) mass is 403 g/mol. The van der Waals surface area contributed by atoms with E-state index in [0.29, 0.717) is 27.9 Å². The average molecular weight is 403 g/mol. The molecule has 1 N–H and O–H groups in total. The number of methoxy groups -OCH3 is 2. The number of ether oxygens (including phenoxy) is 2. The smallest absolute Gasteiger partial charge is 0.274 e. The van der Waals surface area contributed by atoms with Crippen molar-refractivity contribution in [1.29, 1.82) is 0 Å². The molecule has 28 heavy (non-hydrogen) atoms. The second kappa shape index (κ2) is 7.63. The maximum absolute atomic E-state index is 12.6. The van der Waals surface area contributed by atoms with Crippen LogP contribution in [0.25, 0.3) is 5.78 Å². The summed E-state index contributed by atoms with van der Waals surface area (Å²) < 4.78 is 11.9. The van der Waals surface area contributed by atoms with Crippen LogP contribution in [0, 0.1) is 0 Å². The van der Waals surface area contributed by atoms with E-state index in [-0.39, 0.29) is 22.9 Å². The molecule has 1 aromatic carbocycles. The SMILES string of the molecule is COc1ccc(C(=O)CSc2nnc3[nH]c(=O)c(C(C)(C)C)nn23)cc1OC. The van der Waals surface area contributed by atoms with Gasteiger partial charge in [0.25, 0.3) is 11.3 Å². The average Bonchev–Trinajstić information content (AvgIpc) is 3.05.